The maximum absolute atomic E-state index is 12.4. The average molecular weight is 282 g/mol. The topological polar surface area (TPSA) is 58.2 Å². The molecule has 0 aromatic heterocycles. The van der Waals surface area contributed by atoms with Crippen LogP contribution in [0, 0.1) is 5.92 Å². The van der Waals surface area contributed by atoms with E-state index in [0.717, 1.165) is 30.6 Å². The minimum Gasteiger partial charge on any atom is -0.384 e. The van der Waals surface area contributed by atoms with Gasteiger partial charge in [-0.15, -0.1) is 0 Å². The highest BCUT2D eigenvalue weighted by molar-refractivity contribution is 7.89. The number of benzene rings is 1. The van der Waals surface area contributed by atoms with E-state index in [-0.39, 0.29) is 12.0 Å². The van der Waals surface area contributed by atoms with E-state index in [1.165, 1.54) is 0 Å². The van der Waals surface area contributed by atoms with Crippen molar-refractivity contribution in [3.63, 3.8) is 0 Å². The van der Waals surface area contributed by atoms with E-state index in [9.17, 15) is 8.42 Å². The highest BCUT2D eigenvalue weighted by Gasteiger charge is 2.22. The summed E-state index contributed by atoms with van der Waals surface area (Å²) in [6.45, 7) is 6.95. The lowest BCUT2D eigenvalue weighted by Gasteiger charge is -2.20. The zero-order chi connectivity index (χ0) is 14.0. The second-order valence-corrected chi connectivity index (χ2v) is 7.09. The van der Waals surface area contributed by atoms with Crippen molar-refractivity contribution in [3.05, 3.63) is 23.8 Å². The first-order valence-corrected chi connectivity index (χ1v) is 8.31. The molecule has 106 valence electrons. The minimum absolute atomic E-state index is 0.0172. The van der Waals surface area contributed by atoms with Crippen LogP contribution in [-0.2, 0) is 16.4 Å². The lowest BCUT2D eigenvalue weighted by atomic mass is 10.0. The Morgan fingerprint density at radius 1 is 1.37 bits per heavy atom. The van der Waals surface area contributed by atoms with E-state index < -0.39 is 10.0 Å². The first kappa shape index (κ1) is 14.3. The zero-order valence-electron chi connectivity index (χ0n) is 11.7. The summed E-state index contributed by atoms with van der Waals surface area (Å²) < 4.78 is 27.6. The van der Waals surface area contributed by atoms with Gasteiger partial charge >= 0.3 is 0 Å². The quantitative estimate of drug-likeness (QED) is 0.871. The van der Waals surface area contributed by atoms with Crippen molar-refractivity contribution in [1.82, 2.24) is 4.72 Å². The van der Waals surface area contributed by atoms with Gasteiger partial charge in [0, 0.05) is 18.3 Å². The first-order chi connectivity index (χ1) is 8.94. The van der Waals surface area contributed by atoms with E-state index in [2.05, 4.69) is 10.0 Å². The van der Waals surface area contributed by atoms with Crippen molar-refractivity contribution in [2.45, 2.75) is 44.6 Å². The molecule has 2 rings (SSSR count). The number of sulfonamides is 1. The number of fused-ring (bicyclic) bond motifs is 1. The Bertz CT molecular complexity index is 553. The van der Waals surface area contributed by atoms with Crippen molar-refractivity contribution in [2.24, 2.45) is 5.92 Å². The molecule has 0 aliphatic carbocycles. The number of rotatable bonds is 5. The normalized spacial score (nSPS) is 16.2. The lowest BCUT2D eigenvalue weighted by molar-refractivity contribution is 0.437. The molecule has 0 fully saturated rings. The van der Waals surface area contributed by atoms with Gasteiger partial charge in [0.05, 0.1) is 4.90 Å². The fourth-order valence-electron chi connectivity index (χ4n) is 2.41. The Balaban J connectivity index is 2.24. The summed E-state index contributed by atoms with van der Waals surface area (Å²) in [6, 6.07) is 5.29. The van der Waals surface area contributed by atoms with Crippen LogP contribution in [-0.4, -0.2) is 21.0 Å². The number of nitrogens with one attached hydrogen (secondary N) is 2. The van der Waals surface area contributed by atoms with E-state index >= 15 is 0 Å². The Morgan fingerprint density at radius 3 is 2.74 bits per heavy atom. The molecule has 1 aromatic carbocycles. The van der Waals surface area contributed by atoms with Gasteiger partial charge in [0.1, 0.15) is 0 Å². The fraction of sp³-hybridized carbons (Fsp3) is 0.571. The van der Waals surface area contributed by atoms with Crippen LogP contribution in [0.4, 0.5) is 5.69 Å². The van der Waals surface area contributed by atoms with E-state index in [0.29, 0.717) is 4.90 Å². The molecule has 1 aliphatic heterocycles. The smallest absolute Gasteiger partial charge is 0.240 e. The molecule has 0 radical (unpaired) electrons. The van der Waals surface area contributed by atoms with Gasteiger partial charge in [-0.3, -0.25) is 0 Å². The van der Waals surface area contributed by atoms with Gasteiger partial charge in [0.25, 0.3) is 0 Å². The molecule has 0 amide bonds. The lowest BCUT2D eigenvalue weighted by Crippen LogP contribution is -2.37. The standard InChI is InChI=1S/C14H22N2O2S/c1-4-13(10(2)3)16-19(17,18)12-5-6-14-11(9-12)7-8-15-14/h5-6,9-10,13,15-16H,4,7-8H2,1-3H3. The summed E-state index contributed by atoms with van der Waals surface area (Å²) in [6.07, 6.45) is 1.68. The Hall–Kier alpha value is -1.07. The van der Waals surface area contributed by atoms with Gasteiger partial charge in [0.2, 0.25) is 10.0 Å². The molecule has 1 aromatic rings. The molecule has 5 heteroatoms. The summed E-state index contributed by atoms with van der Waals surface area (Å²) in [5.41, 5.74) is 2.13. The van der Waals surface area contributed by atoms with E-state index in [1.807, 2.05) is 26.8 Å². The molecule has 19 heavy (non-hydrogen) atoms. The molecule has 1 unspecified atom stereocenters. The van der Waals surface area contributed by atoms with Gasteiger partial charge in [-0.05, 0) is 42.5 Å². The van der Waals surface area contributed by atoms with Crippen molar-refractivity contribution in [2.75, 3.05) is 11.9 Å². The van der Waals surface area contributed by atoms with Crippen LogP contribution in [0.2, 0.25) is 0 Å². The summed E-state index contributed by atoms with van der Waals surface area (Å²) >= 11 is 0. The number of hydrogen-bond donors (Lipinski definition) is 2. The Kier molecular flexibility index (Phi) is 4.16. The summed E-state index contributed by atoms with van der Waals surface area (Å²) in [5, 5.41) is 3.23. The zero-order valence-corrected chi connectivity index (χ0v) is 12.5. The molecule has 1 aliphatic rings. The molecule has 0 bridgehead atoms. The van der Waals surface area contributed by atoms with Crippen molar-refractivity contribution in [3.8, 4) is 0 Å². The SMILES string of the molecule is CCC(NS(=O)(=O)c1ccc2c(c1)CCN2)C(C)C. The minimum atomic E-state index is -3.42. The second kappa shape index (κ2) is 5.51. The van der Waals surface area contributed by atoms with Gasteiger partial charge in [-0.25, -0.2) is 13.1 Å². The molecule has 1 heterocycles. The summed E-state index contributed by atoms with van der Waals surface area (Å²) in [4.78, 5) is 0.369. The number of hydrogen-bond acceptors (Lipinski definition) is 3. The van der Waals surface area contributed by atoms with Crippen molar-refractivity contribution >= 4 is 15.7 Å². The third kappa shape index (κ3) is 3.09. The second-order valence-electron chi connectivity index (χ2n) is 5.38. The van der Waals surface area contributed by atoms with Gasteiger partial charge in [-0.1, -0.05) is 20.8 Å². The van der Waals surface area contributed by atoms with E-state index in [1.54, 1.807) is 12.1 Å². The van der Waals surface area contributed by atoms with Crippen LogP contribution < -0.4 is 10.0 Å². The molecule has 0 saturated carbocycles. The Labute approximate surface area is 115 Å². The molecule has 0 saturated heterocycles. The van der Waals surface area contributed by atoms with Gasteiger partial charge in [0.15, 0.2) is 0 Å². The van der Waals surface area contributed by atoms with Crippen LogP contribution in [0.5, 0.6) is 0 Å². The van der Waals surface area contributed by atoms with Crippen LogP contribution in [0.25, 0.3) is 0 Å². The maximum Gasteiger partial charge on any atom is 0.240 e. The van der Waals surface area contributed by atoms with Crippen LogP contribution in [0.15, 0.2) is 23.1 Å². The Morgan fingerprint density at radius 2 is 2.11 bits per heavy atom. The number of anilines is 1. The van der Waals surface area contributed by atoms with Crippen LogP contribution >= 0.6 is 0 Å². The third-order valence-corrected chi connectivity index (χ3v) is 5.14. The van der Waals surface area contributed by atoms with Crippen LogP contribution in [0.3, 0.4) is 0 Å². The molecular weight excluding hydrogens is 260 g/mol. The predicted molar refractivity (Wildman–Crippen MR) is 77.9 cm³/mol. The largest absolute Gasteiger partial charge is 0.384 e. The van der Waals surface area contributed by atoms with Crippen molar-refractivity contribution < 1.29 is 8.42 Å². The van der Waals surface area contributed by atoms with Gasteiger partial charge < -0.3 is 5.32 Å². The fourth-order valence-corrected chi connectivity index (χ4v) is 3.92. The van der Waals surface area contributed by atoms with Crippen LogP contribution in [0.1, 0.15) is 32.8 Å². The van der Waals surface area contributed by atoms with E-state index in [4.69, 9.17) is 0 Å². The predicted octanol–water partition coefficient (Wildman–Crippen LogP) is 2.37. The average Bonchev–Trinajstić information content (AvgIpc) is 2.82. The summed E-state index contributed by atoms with van der Waals surface area (Å²) in [5.74, 6) is 0.288. The van der Waals surface area contributed by atoms with Gasteiger partial charge in [-0.2, -0.15) is 0 Å². The first-order valence-electron chi connectivity index (χ1n) is 6.83. The molecule has 4 nitrogen and oxygen atoms in total. The highest BCUT2D eigenvalue weighted by Crippen LogP contribution is 2.25. The maximum atomic E-state index is 12.4. The molecule has 2 N–H and O–H groups in total. The molecule has 1 atom stereocenters. The van der Waals surface area contributed by atoms with Crippen molar-refractivity contribution in [1.29, 1.82) is 0 Å². The summed E-state index contributed by atoms with van der Waals surface area (Å²) in [7, 11) is -3.42. The molecular formula is C14H22N2O2S. The third-order valence-electron chi connectivity index (χ3n) is 3.65. The highest BCUT2D eigenvalue weighted by atomic mass is 32.2. The monoisotopic (exact) mass is 282 g/mol. The molecule has 0 spiro atoms.